The molecule has 0 aliphatic rings. The summed E-state index contributed by atoms with van der Waals surface area (Å²) in [5.41, 5.74) is 2.69. The summed E-state index contributed by atoms with van der Waals surface area (Å²) < 4.78 is 24.7. The fourth-order valence-corrected chi connectivity index (χ4v) is 0.825. The van der Waals surface area contributed by atoms with Crippen molar-refractivity contribution < 1.29 is 12.7 Å². The van der Waals surface area contributed by atoms with Gasteiger partial charge in [-0.2, -0.15) is 8.42 Å². The first-order valence-electron chi connectivity index (χ1n) is 3.10. The average Bonchev–Trinajstić information content (AvgIpc) is 2.02. The van der Waals surface area contributed by atoms with Crippen LogP contribution in [0.4, 0.5) is 5.69 Å². The van der Waals surface area contributed by atoms with Crippen LogP contribution < -0.4 is 10.6 Å². The van der Waals surface area contributed by atoms with E-state index in [1.807, 2.05) is 0 Å². The molecule has 1 aromatic rings. The van der Waals surface area contributed by atoms with Crippen LogP contribution in [0.5, 0.6) is 0 Å². The Hall–Kier alpha value is -1.11. The summed E-state index contributed by atoms with van der Waals surface area (Å²) in [4.78, 5) is 0. The predicted octanol–water partition coefficient (Wildman–Crippen LogP) is 0.234. The lowest BCUT2D eigenvalue weighted by atomic mass is 10.3. The van der Waals surface area contributed by atoms with Crippen molar-refractivity contribution in [3.63, 3.8) is 0 Å². The first-order chi connectivity index (χ1) is 5.58. The maximum atomic E-state index is 10.3. The van der Waals surface area contributed by atoms with E-state index in [0.29, 0.717) is 5.69 Å². The van der Waals surface area contributed by atoms with Gasteiger partial charge in [-0.15, -0.1) is 4.28 Å². The lowest BCUT2D eigenvalue weighted by Crippen LogP contribution is -2.19. The number of nitrogens with two attached hydrogens (primary N) is 1. The number of benzene rings is 1. The Morgan fingerprint density at radius 3 is 2.33 bits per heavy atom. The van der Waals surface area contributed by atoms with Crippen molar-refractivity contribution in [2.24, 2.45) is 5.14 Å². The summed E-state index contributed by atoms with van der Waals surface area (Å²) in [6.45, 7) is 0. The summed E-state index contributed by atoms with van der Waals surface area (Å²) in [5, 5.41) is 4.57. The maximum absolute atomic E-state index is 10.3. The molecule has 0 radical (unpaired) electrons. The topological polar surface area (TPSA) is 81.4 Å². The van der Waals surface area contributed by atoms with Crippen molar-refractivity contribution in [1.82, 2.24) is 0 Å². The van der Waals surface area contributed by atoms with E-state index in [2.05, 4.69) is 14.9 Å². The highest BCUT2D eigenvalue weighted by molar-refractivity contribution is 7.84. The van der Waals surface area contributed by atoms with Gasteiger partial charge in [-0.3, -0.25) is 0 Å². The molecule has 12 heavy (non-hydrogen) atoms. The molecule has 3 N–H and O–H groups in total. The summed E-state index contributed by atoms with van der Waals surface area (Å²) in [7, 11) is -3.93. The van der Waals surface area contributed by atoms with Gasteiger partial charge >= 0.3 is 10.3 Å². The first-order valence-corrected chi connectivity index (χ1v) is 4.57. The molecule has 0 saturated heterocycles. The zero-order valence-corrected chi connectivity index (χ0v) is 6.91. The van der Waals surface area contributed by atoms with E-state index in [1.165, 1.54) is 0 Å². The molecule has 0 unspecified atom stereocenters. The average molecular weight is 188 g/mol. The smallest absolute Gasteiger partial charge is 0.248 e. The van der Waals surface area contributed by atoms with Crippen LogP contribution in [0.1, 0.15) is 0 Å². The summed E-state index contributed by atoms with van der Waals surface area (Å²) in [5.74, 6) is 0. The van der Waals surface area contributed by atoms with Gasteiger partial charge < -0.3 is 0 Å². The number of anilines is 1. The van der Waals surface area contributed by atoms with E-state index >= 15 is 0 Å². The molecule has 0 aliphatic heterocycles. The molecule has 0 aromatic heterocycles. The van der Waals surface area contributed by atoms with Gasteiger partial charge in [0.1, 0.15) is 0 Å². The fourth-order valence-electron chi connectivity index (χ4n) is 0.612. The number of rotatable bonds is 3. The van der Waals surface area contributed by atoms with E-state index in [-0.39, 0.29) is 0 Å². The minimum absolute atomic E-state index is 0.520. The molecule has 0 fully saturated rings. The van der Waals surface area contributed by atoms with Crippen LogP contribution in [0.25, 0.3) is 0 Å². The van der Waals surface area contributed by atoms with E-state index < -0.39 is 10.3 Å². The second-order valence-electron chi connectivity index (χ2n) is 2.04. The summed E-state index contributed by atoms with van der Waals surface area (Å²) >= 11 is 0. The largest absolute Gasteiger partial charge is 0.354 e. The van der Waals surface area contributed by atoms with Gasteiger partial charge in [0.15, 0.2) is 0 Å². The van der Waals surface area contributed by atoms with Crippen molar-refractivity contribution in [1.29, 1.82) is 0 Å². The van der Waals surface area contributed by atoms with E-state index in [0.717, 1.165) is 0 Å². The normalized spacial score (nSPS) is 11.1. The molecule has 0 spiro atoms. The third-order valence-corrected chi connectivity index (χ3v) is 1.37. The highest BCUT2D eigenvalue weighted by Gasteiger charge is 2.00. The maximum Gasteiger partial charge on any atom is 0.354 e. The van der Waals surface area contributed by atoms with Gasteiger partial charge in [-0.25, -0.2) is 10.6 Å². The molecule has 5 nitrogen and oxygen atoms in total. The molecule has 0 bridgehead atoms. The monoisotopic (exact) mass is 188 g/mol. The van der Waals surface area contributed by atoms with Crippen molar-refractivity contribution in [2.75, 3.05) is 5.48 Å². The Labute approximate surface area is 70.4 Å². The van der Waals surface area contributed by atoms with Gasteiger partial charge in [0.05, 0.1) is 5.69 Å². The second kappa shape index (κ2) is 3.53. The second-order valence-corrected chi connectivity index (χ2v) is 3.20. The molecule has 0 saturated carbocycles. The molecule has 0 aliphatic carbocycles. The number of hydrogen-bond donors (Lipinski definition) is 2. The highest BCUT2D eigenvalue weighted by atomic mass is 32.2. The zero-order valence-electron chi connectivity index (χ0n) is 6.10. The molecule has 0 amide bonds. The Bertz CT molecular complexity index is 335. The van der Waals surface area contributed by atoms with Crippen LogP contribution in [-0.2, 0) is 14.6 Å². The molecular weight excluding hydrogens is 180 g/mol. The van der Waals surface area contributed by atoms with E-state index in [4.69, 9.17) is 0 Å². The third kappa shape index (κ3) is 3.33. The fraction of sp³-hybridized carbons (Fsp3) is 0. The number of nitrogens with one attached hydrogen (secondary N) is 1. The first kappa shape index (κ1) is 8.98. The highest BCUT2D eigenvalue weighted by Crippen LogP contribution is 2.04. The Balaban J connectivity index is 2.56. The minimum Gasteiger partial charge on any atom is -0.248 e. The van der Waals surface area contributed by atoms with Crippen LogP contribution in [0, 0.1) is 0 Å². The molecule has 0 heterocycles. The van der Waals surface area contributed by atoms with Crippen LogP contribution >= 0.6 is 0 Å². The molecular formula is C6H8N2O3S. The van der Waals surface area contributed by atoms with Gasteiger partial charge in [0.2, 0.25) is 0 Å². The molecule has 0 atom stereocenters. The van der Waals surface area contributed by atoms with Crippen LogP contribution in [-0.4, -0.2) is 8.42 Å². The van der Waals surface area contributed by atoms with E-state index in [9.17, 15) is 8.42 Å². The SMILES string of the molecule is NS(=O)(=O)ONc1ccccc1. The van der Waals surface area contributed by atoms with Crippen LogP contribution in [0.3, 0.4) is 0 Å². The zero-order chi connectivity index (χ0) is 9.03. The van der Waals surface area contributed by atoms with Crippen LogP contribution in [0.15, 0.2) is 30.3 Å². The predicted molar refractivity (Wildman–Crippen MR) is 44.3 cm³/mol. The Kier molecular flexibility index (Phi) is 2.64. The summed E-state index contributed by atoms with van der Waals surface area (Å²) in [6, 6.07) is 8.54. The van der Waals surface area contributed by atoms with Gasteiger partial charge in [-0.1, -0.05) is 18.2 Å². The van der Waals surface area contributed by atoms with E-state index in [1.54, 1.807) is 30.3 Å². The van der Waals surface area contributed by atoms with Crippen LogP contribution in [0.2, 0.25) is 0 Å². The molecule has 6 heteroatoms. The minimum atomic E-state index is -3.93. The molecule has 1 rings (SSSR count). The van der Waals surface area contributed by atoms with Gasteiger partial charge in [0.25, 0.3) is 0 Å². The van der Waals surface area contributed by atoms with Crippen molar-refractivity contribution in [2.45, 2.75) is 0 Å². The molecule has 1 aromatic carbocycles. The lowest BCUT2D eigenvalue weighted by molar-refractivity contribution is 0.392. The standard InChI is InChI=1S/C6H8N2O3S/c7-12(9,10)11-8-6-4-2-1-3-5-6/h1-5,8H,(H2,7,9,10). The van der Waals surface area contributed by atoms with Crippen molar-refractivity contribution in [3.05, 3.63) is 30.3 Å². The van der Waals surface area contributed by atoms with Crippen molar-refractivity contribution in [3.8, 4) is 0 Å². The Morgan fingerprint density at radius 1 is 1.25 bits per heavy atom. The molecule has 66 valence electrons. The van der Waals surface area contributed by atoms with Gasteiger partial charge in [-0.05, 0) is 12.1 Å². The van der Waals surface area contributed by atoms with Gasteiger partial charge in [0, 0.05) is 0 Å². The quantitative estimate of drug-likeness (QED) is 0.665. The lowest BCUT2D eigenvalue weighted by Gasteiger charge is -2.02. The van der Waals surface area contributed by atoms with Crippen molar-refractivity contribution >= 4 is 16.0 Å². The Morgan fingerprint density at radius 2 is 1.83 bits per heavy atom. The summed E-state index contributed by atoms with van der Waals surface area (Å²) in [6.07, 6.45) is 0. The number of hydrogen-bond acceptors (Lipinski definition) is 4. The number of para-hydroxylation sites is 1. The third-order valence-electron chi connectivity index (χ3n) is 1.05.